The second kappa shape index (κ2) is 10.9. The van der Waals surface area contributed by atoms with Crippen LogP contribution in [0.5, 0.6) is 11.5 Å². The van der Waals surface area contributed by atoms with E-state index in [0.717, 1.165) is 11.1 Å². The Hall–Kier alpha value is -3.46. The van der Waals surface area contributed by atoms with Gasteiger partial charge < -0.3 is 25.7 Å². The van der Waals surface area contributed by atoms with Crippen LogP contribution in [0.2, 0.25) is 0 Å². The van der Waals surface area contributed by atoms with Crippen LogP contribution in [0.3, 0.4) is 0 Å². The molecule has 0 unspecified atom stereocenters. The van der Waals surface area contributed by atoms with Crippen molar-refractivity contribution >= 4 is 17.1 Å². The van der Waals surface area contributed by atoms with Gasteiger partial charge >= 0.3 is 5.97 Å². The molecule has 0 aliphatic heterocycles. The quantitative estimate of drug-likeness (QED) is 0.188. The maximum Gasteiger partial charge on any atom is 0.391 e. The van der Waals surface area contributed by atoms with Gasteiger partial charge in [0.05, 0.1) is 23.7 Å². The van der Waals surface area contributed by atoms with E-state index in [2.05, 4.69) is 0 Å². The Labute approximate surface area is 194 Å². The lowest BCUT2D eigenvalue weighted by molar-refractivity contribution is -0.330. The number of nitrogens with zero attached hydrogens (tertiary/aromatic N) is 1. The molecule has 0 saturated carbocycles. The summed E-state index contributed by atoms with van der Waals surface area (Å²) >= 11 is 0. The lowest BCUT2D eigenvalue weighted by Crippen LogP contribution is -2.48. The predicted molar refractivity (Wildman–Crippen MR) is 129 cm³/mol. The summed E-state index contributed by atoms with van der Waals surface area (Å²) in [7, 11) is 1.59. The van der Waals surface area contributed by atoms with Crippen molar-refractivity contribution in [3.8, 4) is 11.5 Å². The van der Waals surface area contributed by atoms with Gasteiger partial charge in [-0.15, -0.1) is 5.23 Å². The highest BCUT2D eigenvalue weighted by Gasteiger charge is 2.36. The standard InChI is InChI=1S/C25H31N3O5/c1-18-10-12-21(26)23(16-18)31-25(3,32-24-17-19(2)11-13-22(24)27)33-28(30-15-14-29-4)20-8-6-5-7-9-20/h5-13,16-17H,14-15,26-27H2,1-4H3. The van der Waals surface area contributed by atoms with Gasteiger partial charge in [-0.25, -0.2) is 4.84 Å². The van der Waals surface area contributed by atoms with Crippen molar-refractivity contribution in [2.45, 2.75) is 26.7 Å². The molecule has 0 radical (unpaired) electrons. The Bertz CT molecular complexity index is 992. The van der Waals surface area contributed by atoms with Crippen LogP contribution in [0.1, 0.15) is 18.1 Å². The minimum Gasteiger partial charge on any atom is -0.427 e. The Morgan fingerprint density at radius 1 is 0.788 bits per heavy atom. The van der Waals surface area contributed by atoms with Crippen molar-refractivity contribution in [3.63, 3.8) is 0 Å². The first-order valence-corrected chi connectivity index (χ1v) is 10.6. The summed E-state index contributed by atoms with van der Waals surface area (Å²) in [6, 6.07) is 20.2. The number of rotatable bonds is 11. The number of methoxy groups -OCH3 is 1. The molecule has 3 aromatic rings. The van der Waals surface area contributed by atoms with Gasteiger partial charge in [0.15, 0.2) is 0 Å². The molecule has 0 aliphatic rings. The Kier molecular flexibility index (Phi) is 8.00. The van der Waals surface area contributed by atoms with Crippen LogP contribution < -0.4 is 26.2 Å². The van der Waals surface area contributed by atoms with Crippen molar-refractivity contribution < 1.29 is 23.9 Å². The summed E-state index contributed by atoms with van der Waals surface area (Å²) in [5, 5.41) is 1.23. The molecule has 4 N–H and O–H groups in total. The van der Waals surface area contributed by atoms with Crippen molar-refractivity contribution in [1.82, 2.24) is 0 Å². The van der Waals surface area contributed by atoms with E-state index in [1.165, 1.54) is 5.23 Å². The second-order valence-corrected chi connectivity index (χ2v) is 7.66. The third-order valence-corrected chi connectivity index (χ3v) is 4.64. The van der Waals surface area contributed by atoms with Crippen molar-refractivity contribution in [2.24, 2.45) is 0 Å². The van der Waals surface area contributed by atoms with Gasteiger partial charge in [0.2, 0.25) is 0 Å². The van der Waals surface area contributed by atoms with Gasteiger partial charge in [-0.3, -0.25) is 0 Å². The average molecular weight is 454 g/mol. The average Bonchev–Trinajstić information content (AvgIpc) is 2.79. The van der Waals surface area contributed by atoms with Crippen molar-refractivity contribution in [1.29, 1.82) is 0 Å². The van der Waals surface area contributed by atoms with Crippen LogP contribution in [-0.4, -0.2) is 26.3 Å². The molecule has 8 nitrogen and oxygen atoms in total. The molecular weight excluding hydrogens is 422 g/mol. The van der Waals surface area contributed by atoms with Crippen LogP contribution in [0, 0.1) is 13.8 Å². The number of ether oxygens (including phenoxy) is 3. The zero-order chi connectivity index (χ0) is 23.8. The fourth-order valence-corrected chi connectivity index (χ4v) is 2.97. The third-order valence-electron chi connectivity index (χ3n) is 4.64. The number of anilines is 3. The summed E-state index contributed by atoms with van der Waals surface area (Å²) in [4.78, 5) is 12.0. The molecule has 33 heavy (non-hydrogen) atoms. The van der Waals surface area contributed by atoms with Crippen molar-refractivity contribution in [3.05, 3.63) is 77.9 Å². The van der Waals surface area contributed by atoms with Gasteiger partial charge in [0.1, 0.15) is 18.1 Å². The van der Waals surface area contributed by atoms with E-state index < -0.39 is 5.97 Å². The Morgan fingerprint density at radius 3 is 1.85 bits per heavy atom. The Morgan fingerprint density at radius 2 is 1.33 bits per heavy atom. The van der Waals surface area contributed by atoms with E-state index in [9.17, 15) is 0 Å². The minimum atomic E-state index is -1.70. The number of benzene rings is 3. The summed E-state index contributed by atoms with van der Waals surface area (Å²) in [5.41, 5.74) is 15.7. The molecule has 0 atom stereocenters. The lowest BCUT2D eigenvalue weighted by atomic mass is 10.2. The van der Waals surface area contributed by atoms with Crippen LogP contribution in [0.25, 0.3) is 0 Å². The first-order chi connectivity index (χ1) is 15.8. The van der Waals surface area contributed by atoms with Gasteiger partial charge in [-0.2, -0.15) is 4.84 Å². The maximum absolute atomic E-state index is 6.19. The van der Waals surface area contributed by atoms with Gasteiger partial charge in [-0.1, -0.05) is 30.3 Å². The molecule has 176 valence electrons. The largest absolute Gasteiger partial charge is 0.427 e. The highest BCUT2D eigenvalue weighted by atomic mass is 17.0. The molecule has 0 saturated heterocycles. The first kappa shape index (κ1) is 24.2. The van der Waals surface area contributed by atoms with E-state index in [4.69, 9.17) is 35.4 Å². The van der Waals surface area contributed by atoms with Crippen molar-refractivity contribution in [2.75, 3.05) is 37.0 Å². The van der Waals surface area contributed by atoms with Gasteiger partial charge in [0, 0.05) is 14.0 Å². The summed E-state index contributed by atoms with van der Waals surface area (Å²) < 4.78 is 17.5. The van der Waals surface area contributed by atoms with E-state index in [1.807, 2.05) is 56.3 Å². The summed E-state index contributed by atoms with van der Waals surface area (Å²) in [5.74, 6) is -0.908. The molecule has 0 spiro atoms. The molecule has 3 rings (SSSR count). The molecule has 8 heteroatoms. The zero-order valence-corrected chi connectivity index (χ0v) is 19.4. The monoisotopic (exact) mass is 453 g/mol. The minimum absolute atomic E-state index is 0.237. The van der Waals surface area contributed by atoms with Gasteiger partial charge in [0.25, 0.3) is 0 Å². The Balaban J connectivity index is 1.98. The number of aryl methyl sites for hydroxylation is 2. The van der Waals surface area contributed by atoms with E-state index in [-0.39, 0.29) is 6.61 Å². The fourth-order valence-electron chi connectivity index (χ4n) is 2.97. The molecule has 0 heterocycles. The third kappa shape index (κ3) is 6.76. The highest BCUT2D eigenvalue weighted by molar-refractivity contribution is 5.55. The van der Waals surface area contributed by atoms with Crippen LogP contribution in [-0.2, 0) is 14.4 Å². The first-order valence-electron chi connectivity index (χ1n) is 10.6. The molecule has 0 bridgehead atoms. The molecule has 0 amide bonds. The highest BCUT2D eigenvalue weighted by Crippen LogP contribution is 2.33. The van der Waals surface area contributed by atoms with E-state index in [0.29, 0.717) is 35.2 Å². The van der Waals surface area contributed by atoms with Gasteiger partial charge in [-0.05, 0) is 61.4 Å². The molecule has 0 aliphatic carbocycles. The number of nitrogen functional groups attached to an aromatic ring is 2. The fraction of sp³-hybridized carbons (Fsp3) is 0.280. The number of para-hydroxylation sites is 1. The summed E-state index contributed by atoms with van der Waals surface area (Å²) in [6.07, 6.45) is 0. The molecule has 3 aromatic carbocycles. The van der Waals surface area contributed by atoms with Crippen LogP contribution >= 0.6 is 0 Å². The topological polar surface area (TPSA) is 101 Å². The maximum atomic E-state index is 6.19. The number of hydrogen-bond acceptors (Lipinski definition) is 8. The van der Waals surface area contributed by atoms with Crippen LogP contribution in [0.4, 0.5) is 17.1 Å². The molecule has 0 aromatic heterocycles. The number of nitrogens with two attached hydrogens (primary N) is 2. The zero-order valence-electron chi connectivity index (χ0n) is 19.4. The molecule has 0 fully saturated rings. The number of hydrogen-bond donors (Lipinski definition) is 2. The normalized spacial score (nSPS) is 11.3. The van der Waals surface area contributed by atoms with Crippen LogP contribution in [0.15, 0.2) is 66.7 Å². The summed E-state index contributed by atoms with van der Waals surface area (Å²) in [6.45, 7) is 6.09. The van der Waals surface area contributed by atoms with E-state index in [1.54, 1.807) is 38.3 Å². The SMILES string of the molecule is COCCON(OC(C)(Oc1cc(C)ccc1N)Oc1cc(C)ccc1N)c1ccccc1. The lowest BCUT2D eigenvalue weighted by Gasteiger charge is -2.35. The molecular formula is C25H31N3O5. The van der Waals surface area contributed by atoms with E-state index >= 15 is 0 Å². The predicted octanol–water partition coefficient (Wildman–Crippen LogP) is 4.62. The second-order valence-electron chi connectivity index (χ2n) is 7.66. The smallest absolute Gasteiger partial charge is 0.391 e.